The quantitative estimate of drug-likeness (QED) is 0.263. The molecule has 8 nitrogen and oxygen atoms in total. The molecule has 1 aliphatic rings. The van der Waals surface area contributed by atoms with Crippen LogP contribution in [0.2, 0.25) is 0 Å². The summed E-state index contributed by atoms with van der Waals surface area (Å²) in [6.45, 7) is 3.65. The smallest absolute Gasteiger partial charge is 0.254 e. The number of aromatic hydroxyl groups is 2. The first-order chi connectivity index (χ1) is 17.8. The third-order valence-corrected chi connectivity index (χ3v) is 6.97. The number of para-hydroxylation sites is 1. The van der Waals surface area contributed by atoms with E-state index in [1.165, 1.54) is 18.2 Å². The second-order valence-electron chi connectivity index (χ2n) is 8.42. The number of anilines is 1. The number of ketones is 1. The highest BCUT2D eigenvalue weighted by Gasteiger charge is 2.35. The highest BCUT2D eigenvalue weighted by atomic mass is 32.2. The topological polar surface area (TPSA) is 135 Å². The normalized spacial score (nSPS) is 15.1. The van der Waals surface area contributed by atoms with Crippen molar-refractivity contribution in [3.8, 4) is 17.6 Å². The molecule has 2 aromatic carbocycles. The molecule has 37 heavy (non-hydrogen) atoms. The third-order valence-electron chi connectivity index (χ3n) is 5.95. The molecule has 1 unspecified atom stereocenters. The number of aryl methyl sites for hydroxylation is 1. The van der Waals surface area contributed by atoms with Crippen LogP contribution in [0.25, 0.3) is 0 Å². The Bertz CT molecular complexity index is 1470. The van der Waals surface area contributed by atoms with E-state index in [0.29, 0.717) is 33.1 Å². The molecule has 0 fully saturated rings. The molecule has 1 atom stereocenters. The number of nitrogens with zero attached hydrogens (tertiary/aromatic N) is 2. The molecule has 3 aromatic rings. The average Bonchev–Trinajstić information content (AvgIpc) is 2.90. The number of nitriles is 1. The van der Waals surface area contributed by atoms with Crippen molar-refractivity contribution in [3.63, 3.8) is 0 Å². The van der Waals surface area contributed by atoms with Gasteiger partial charge < -0.3 is 20.8 Å². The Balaban J connectivity index is 1.67. The molecular formula is C28H24N4O4S. The number of rotatable bonds is 7. The van der Waals surface area contributed by atoms with E-state index in [1.54, 1.807) is 31.5 Å². The number of amides is 1. The maximum atomic E-state index is 13.5. The van der Waals surface area contributed by atoms with Crippen molar-refractivity contribution in [1.29, 1.82) is 5.26 Å². The van der Waals surface area contributed by atoms with Crippen LogP contribution in [0.4, 0.5) is 5.69 Å². The van der Waals surface area contributed by atoms with Crippen LogP contribution in [-0.2, 0) is 4.79 Å². The number of nitrogens with one attached hydrogen (secondary N) is 2. The van der Waals surface area contributed by atoms with E-state index in [0.717, 1.165) is 17.3 Å². The summed E-state index contributed by atoms with van der Waals surface area (Å²) in [6.07, 6.45) is 3.24. The molecule has 1 amide bonds. The third kappa shape index (κ3) is 5.50. The van der Waals surface area contributed by atoms with Crippen molar-refractivity contribution < 1.29 is 19.8 Å². The zero-order valence-corrected chi connectivity index (χ0v) is 21.0. The first kappa shape index (κ1) is 25.5. The van der Waals surface area contributed by atoms with Gasteiger partial charge in [-0.2, -0.15) is 5.26 Å². The molecular weight excluding hydrogens is 488 g/mol. The summed E-state index contributed by atoms with van der Waals surface area (Å²) in [4.78, 5) is 30.5. The number of dihydropyridines is 1. The summed E-state index contributed by atoms with van der Waals surface area (Å²) in [5.74, 6) is -2.07. The van der Waals surface area contributed by atoms with Gasteiger partial charge in [-0.25, -0.2) is 0 Å². The number of phenolic OH excluding ortho intramolecular Hbond substituents is 2. The fourth-order valence-electron chi connectivity index (χ4n) is 4.03. The van der Waals surface area contributed by atoms with Crippen LogP contribution < -0.4 is 10.6 Å². The maximum Gasteiger partial charge on any atom is 0.254 e. The summed E-state index contributed by atoms with van der Waals surface area (Å²) in [5, 5.41) is 36.0. The molecule has 1 aromatic heterocycles. The summed E-state index contributed by atoms with van der Waals surface area (Å²) in [7, 11) is 0. The van der Waals surface area contributed by atoms with Gasteiger partial charge in [-0.1, -0.05) is 36.0 Å². The maximum absolute atomic E-state index is 13.5. The lowest BCUT2D eigenvalue weighted by Gasteiger charge is -2.29. The number of hydrogen-bond donors (Lipinski definition) is 4. The Morgan fingerprint density at radius 1 is 1.11 bits per heavy atom. The van der Waals surface area contributed by atoms with Crippen LogP contribution in [0.1, 0.15) is 34.3 Å². The van der Waals surface area contributed by atoms with Gasteiger partial charge in [-0.3, -0.25) is 14.6 Å². The lowest BCUT2D eigenvalue weighted by molar-refractivity contribution is -0.113. The number of carbonyl (C=O) groups excluding carboxylic acids is 2. The van der Waals surface area contributed by atoms with E-state index in [-0.39, 0.29) is 34.5 Å². The predicted octanol–water partition coefficient (Wildman–Crippen LogP) is 4.75. The minimum atomic E-state index is -0.695. The molecule has 186 valence electrons. The van der Waals surface area contributed by atoms with Crippen LogP contribution in [0.3, 0.4) is 0 Å². The van der Waals surface area contributed by atoms with Crippen LogP contribution in [-0.4, -0.2) is 32.6 Å². The van der Waals surface area contributed by atoms with Gasteiger partial charge in [0.25, 0.3) is 5.91 Å². The van der Waals surface area contributed by atoms with Crippen molar-refractivity contribution in [2.24, 2.45) is 0 Å². The Hall–Kier alpha value is -4.55. The van der Waals surface area contributed by atoms with Crippen molar-refractivity contribution in [1.82, 2.24) is 10.3 Å². The molecule has 9 heteroatoms. The van der Waals surface area contributed by atoms with E-state index < -0.39 is 5.92 Å². The van der Waals surface area contributed by atoms with Gasteiger partial charge >= 0.3 is 0 Å². The molecule has 1 aliphatic heterocycles. The van der Waals surface area contributed by atoms with Crippen molar-refractivity contribution >= 4 is 29.1 Å². The van der Waals surface area contributed by atoms with Gasteiger partial charge in [0.1, 0.15) is 0 Å². The largest absolute Gasteiger partial charge is 0.504 e. The Kier molecular flexibility index (Phi) is 7.60. The first-order valence-corrected chi connectivity index (χ1v) is 12.4. The molecule has 0 radical (unpaired) electrons. The SMILES string of the molecule is CC1=C(C(=O)Nc2ccccc2C)C(c2cccnc2)C(C#N)=C(SCC(=O)c2ccc(O)c(O)c2)N1. The van der Waals surface area contributed by atoms with Crippen LogP contribution in [0.15, 0.2) is 88.9 Å². The number of hydrogen-bond acceptors (Lipinski definition) is 8. The van der Waals surface area contributed by atoms with Crippen molar-refractivity contribution in [2.75, 3.05) is 11.1 Å². The predicted molar refractivity (Wildman–Crippen MR) is 142 cm³/mol. The highest BCUT2D eigenvalue weighted by Crippen LogP contribution is 2.41. The fraction of sp³-hybridized carbons (Fsp3) is 0.143. The van der Waals surface area contributed by atoms with E-state index in [2.05, 4.69) is 21.7 Å². The lowest BCUT2D eigenvalue weighted by atomic mass is 9.82. The number of benzene rings is 2. The number of pyridine rings is 1. The second-order valence-corrected chi connectivity index (χ2v) is 9.41. The van der Waals surface area contributed by atoms with E-state index in [4.69, 9.17) is 0 Å². The fourth-order valence-corrected chi connectivity index (χ4v) is 5.01. The molecule has 0 spiro atoms. The van der Waals surface area contributed by atoms with Gasteiger partial charge in [-0.05, 0) is 55.3 Å². The zero-order chi connectivity index (χ0) is 26.5. The lowest BCUT2D eigenvalue weighted by Crippen LogP contribution is -2.31. The summed E-state index contributed by atoms with van der Waals surface area (Å²) >= 11 is 1.13. The van der Waals surface area contributed by atoms with E-state index >= 15 is 0 Å². The molecule has 4 N–H and O–H groups in total. The number of allylic oxidation sites excluding steroid dienone is 2. The summed E-state index contributed by atoms with van der Waals surface area (Å²) in [6, 6.07) is 17.1. The molecule has 0 bridgehead atoms. The average molecular weight is 513 g/mol. The standard InChI is InChI=1S/C28H24N4O4S/c1-16-6-3-4-8-21(16)32-27(36)25-17(2)31-28(20(13-29)26(25)19-7-5-11-30-14-19)37-15-24(35)18-9-10-22(33)23(34)12-18/h3-12,14,26,31,33-34H,15H2,1-2H3,(H,32,36). The zero-order valence-electron chi connectivity index (χ0n) is 20.1. The number of phenols is 2. The molecule has 4 rings (SSSR count). The van der Waals surface area contributed by atoms with Crippen LogP contribution in [0, 0.1) is 18.3 Å². The Morgan fingerprint density at radius 2 is 1.89 bits per heavy atom. The van der Waals surface area contributed by atoms with Gasteiger partial charge in [-0.15, -0.1) is 0 Å². The van der Waals surface area contributed by atoms with Gasteiger partial charge in [0.2, 0.25) is 0 Å². The molecule has 0 saturated heterocycles. The van der Waals surface area contributed by atoms with Gasteiger partial charge in [0.05, 0.1) is 28.3 Å². The second kappa shape index (κ2) is 11.0. The molecule has 2 heterocycles. The number of carbonyl (C=O) groups is 2. The van der Waals surface area contributed by atoms with E-state index in [9.17, 15) is 25.1 Å². The number of thioether (sulfide) groups is 1. The van der Waals surface area contributed by atoms with Crippen molar-refractivity contribution in [3.05, 3.63) is 106 Å². The highest BCUT2D eigenvalue weighted by molar-refractivity contribution is 8.03. The van der Waals surface area contributed by atoms with E-state index in [1.807, 2.05) is 31.2 Å². The Morgan fingerprint density at radius 3 is 2.57 bits per heavy atom. The summed E-state index contributed by atoms with van der Waals surface area (Å²) < 4.78 is 0. The van der Waals surface area contributed by atoms with Gasteiger partial charge in [0, 0.05) is 34.9 Å². The van der Waals surface area contributed by atoms with Crippen LogP contribution in [0.5, 0.6) is 11.5 Å². The first-order valence-electron chi connectivity index (χ1n) is 11.4. The minimum Gasteiger partial charge on any atom is -0.504 e. The number of aromatic nitrogens is 1. The summed E-state index contributed by atoms with van der Waals surface area (Å²) in [5.41, 5.74) is 3.70. The minimum absolute atomic E-state index is 0.0322. The van der Waals surface area contributed by atoms with Crippen molar-refractivity contribution in [2.45, 2.75) is 19.8 Å². The van der Waals surface area contributed by atoms with Gasteiger partial charge in [0.15, 0.2) is 17.3 Å². The van der Waals surface area contributed by atoms with Crippen LogP contribution >= 0.6 is 11.8 Å². The molecule has 0 aliphatic carbocycles. The molecule has 0 saturated carbocycles. The number of Topliss-reactive ketones (excluding diaryl/α,β-unsaturated/α-hetero) is 1. The Labute approximate surface area is 218 Å². The monoisotopic (exact) mass is 512 g/mol.